The maximum atomic E-state index is 5.62. The zero-order valence-corrected chi connectivity index (χ0v) is 11.0. The molecule has 2 fully saturated rings. The van der Waals surface area contributed by atoms with Gasteiger partial charge in [-0.25, -0.2) is 0 Å². The summed E-state index contributed by atoms with van der Waals surface area (Å²) in [5, 5.41) is 3.44. The highest BCUT2D eigenvalue weighted by Gasteiger charge is 2.33. The molecule has 2 heterocycles. The summed E-state index contributed by atoms with van der Waals surface area (Å²) in [7, 11) is 0. The summed E-state index contributed by atoms with van der Waals surface area (Å²) in [6.45, 7) is 2.27. The van der Waals surface area contributed by atoms with Gasteiger partial charge in [0, 0.05) is 17.7 Å². The molecule has 1 atom stereocenters. The fourth-order valence-corrected chi connectivity index (χ4v) is 3.62. The van der Waals surface area contributed by atoms with Crippen LogP contribution in [0.25, 0.3) is 0 Å². The summed E-state index contributed by atoms with van der Waals surface area (Å²) >= 11 is 5.62. The molecule has 2 saturated heterocycles. The molecule has 0 saturated carbocycles. The van der Waals surface area contributed by atoms with Gasteiger partial charge in [0.2, 0.25) is 0 Å². The van der Waals surface area contributed by atoms with Gasteiger partial charge in [0.15, 0.2) is 0 Å². The van der Waals surface area contributed by atoms with E-state index in [0.717, 1.165) is 25.4 Å². The second-order valence-corrected chi connectivity index (χ2v) is 5.71. The first-order valence-electron chi connectivity index (χ1n) is 6.76. The minimum absolute atomic E-state index is 0.643. The third kappa shape index (κ3) is 2.18. The predicted octanol–water partition coefficient (Wildman–Crippen LogP) is 2.62. The van der Waals surface area contributed by atoms with Gasteiger partial charge in [-0.1, -0.05) is 24.4 Å². The molecular weight excluding hydrogens is 228 g/mol. The number of allylic oxidation sites excluding steroid dienone is 4. The molecule has 17 heavy (non-hydrogen) atoms. The second-order valence-electron chi connectivity index (χ2n) is 5.24. The van der Waals surface area contributed by atoms with Crippen molar-refractivity contribution in [3.8, 4) is 0 Å². The van der Waals surface area contributed by atoms with Crippen LogP contribution in [0.15, 0.2) is 23.9 Å². The molecule has 2 nitrogen and oxygen atoms in total. The Hall–Kier alpha value is -0.670. The summed E-state index contributed by atoms with van der Waals surface area (Å²) in [6.07, 6.45) is 12.8. The van der Waals surface area contributed by atoms with Gasteiger partial charge in [-0.05, 0) is 51.3 Å². The SMILES string of the molecule is S=C1CCC2CC=CC=C2N1C1CCNCC1. The monoisotopic (exact) mass is 248 g/mol. The van der Waals surface area contributed by atoms with Gasteiger partial charge in [0.25, 0.3) is 0 Å². The van der Waals surface area contributed by atoms with E-state index in [1.165, 1.54) is 36.4 Å². The van der Waals surface area contributed by atoms with Crippen molar-refractivity contribution in [1.29, 1.82) is 0 Å². The van der Waals surface area contributed by atoms with Crippen molar-refractivity contribution >= 4 is 17.2 Å². The average molecular weight is 248 g/mol. The van der Waals surface area contributed by atoms with E-state index in [9.17, 15) is 0 Å². The molecule has 1 aliphatic carbocycles. The first-order valence-corrected chi connectivity index (χ1v) is 7.16. The molecular formula is C14H20N2S. The van der Waals surface area contributed by atoms with Crippen LogP contribution in [0.3, 0.4) is 0 Å². The van der Waals surface area contributed by atoms with Crippen LogP contribution >= 0.6 is 12.2 Å². The largest absolute Gasteiger partial charge is 0.336 e. The average Bonchev–Trinajstić information content (AvgIpc) is 2.39. The van der Waals surface area contributed by atoms with Crippen molar-refractivity contribution in [2.24, 2.45) is 5.92 Å². The molecule has 92 valence electrons. The van der Waals surface area contributed by atoms with Gasteiger partial charge in [0.1, 0.15) is 0 Å². The number of nitrogens with zero attached hydrogens (tertiary/aromatic N) is 1. The third-order valence-corrected chi connectivity index (χ3v) is 4.57. The Balaban J connectivity index is 1.85. The first kappa shape index (κ1) is 11.4. The Kier molecular flexibility index (Phi) is 3.30. The minimum atomic E-state index is 0.643. The second kappa shape index (κ2) is 4.91. The number of thiocarbonyl (C=S) groups is 1. The molecule has 1 N–H and O–H groups in total. The maximum Gasteiger partial charge on any atom is 0.0824 e. The molecule has 0 radical (unpaired) electrons. The standard InChI is InChI=1S/C14H20N2S/c17-14-6-5-11-3-1-2-4-13(11)16(14)12-7-9-15-10-8-12/h1-2,4,11-12,15H,3,5-10H2. The summed E-state index contributed by atoms with van der Waals surface area (Å²) in [5.74, 6) is 0.724. The Morgan fingerprint density at radius 3 is 2.88 bits per heavy atom. The molecule has 0 aromatic rings. The lowest BCUT2D eigenvalue weighted by Crippen LogP contribution is -2.48. The maximum absolute atomic E-state index is 5.62. The quantitative estimate of drug-likeness (QED) is 0.718. The molecule has 1 unspecified atom stereocenters. The Bertz CT molecular complexity index is 366. The lowest BCUT2D eigenvalue weighted by Gasteiger charge is -2.44. The smallest absolute Gasteiger partial charge is 0.0824 e. The number of nitrogens with one attached hydrogen (secondary N) is 1. The molecule has 3 aliphatic rings. The Labute approximate surface area is 109 Å². The summed E-state index contributed by atoms with van der Waals surface area (Å²) < 4.78 is 0. The molecule has 3 heteroatoms. The third-order valence-electron chi connectivity index (χ3n) is 4.17. The van der Waals surface area contributed by atoms with Crippen molar-refractivity contribution < 1.29 is 0 Å². The van der Waals surface area contributed by atoms with E-state index in [2.05, 4.69) is 28.4 Å². The lowest BCUT2D eigenvalue weighted by atomic mass is 9.86. The normalized spacial score (nSPS) is 30.1. The van der Waals surface area contributed by atoms with E-state index in [0.29, 0.717) is 6.04 Å². The van der Waals surface area contributed by atoms with Crippen LogP contribution in [-0.2, 0) is 0 Å². The van der Waals surface area contributed by atoms with Gasteiger partial charge in [-0.15, -0.1) is 0 Å². The van der Waals surface area contributed by atoms with Crippen LogP contribution < -0.4 is 5.32 Å². The van der Waals surface area contributed by atoms with Gasteiger partial charge < -0.3 is 10.2 Å². The zero-order chi connectivity index (χ0) is 11.7. The topological polar surface area (TPSA) is 15.3 Å². The highest BCUT2D eigenvalue weighted by atomic mass is 32.1. The number of hydrogen-bond acceptors (Lipinski definition) is 2. The highest BCUT2D eigenvalue weighted by Crippen LogP contribution is 2.36. The minimum Gasteiger partial charge on any atom is -0.336 e. The van der Waals surface area contributed by atoms with Crippen LogP contribution in [0.1, 0.15) is 32.1 Å². The van der Waals surface area contributed by atoms with Crippen LogP contribution in [0, 0.1) is 5.92 Å². The Morgan fingerprint density at radius 2 is 2.06 bits per heavy atom. The fourth-order valence-electron chi connectivity index (χ4n) is 3.25. The van der Waals surface area contributed by atoms with Crippen molar-refractivity contribution in [1.82, 2.24) is 10.2 Å². The van der Waals surface area contributed by atoms with E-state index >= 15 is 0 Å². The molecule has 0 aromatic heterocycles. The van der Waals surface area contributed by atoms with Crippen molar-refractivity contribution in [2.75, 3.05) is 13.1 Å². The van der Waals surface area contributed by atoms with Gasteiger partial charge in [-0.3, -0.25) is 0 Å². The van der Waals surface area contributed by atoms with E-state index in [1.807, 2.05) is 0 Å². The predicted molar refractivity (Wildman–Crippen MR) is 74.9 cm³/mol. The van der Waals surface area contributed by atoms with Gasteiger partial charge in [0.05, 0.1) is 4.99 Å². The van der Waals surface area contributed by atoms with Crippen LogP contribution in [-0.4, -0.2) is 29.0 Å². The summed E-state index contributed by atoms with van der Waals surface area (Å²) in [5.41, 5.74) is 1.50. The molecule has 3 rings (SSSR count). The molecule has 0 aromatic carbocycles. The van der Waals surface area contributed by atoms with Gasteiger partial charge in [-0.2, -0.15) is 0 Å². The van der Waals surface area contributed by atoms with Crippen LogP contribution in [0.5, 0.6) is 0 Å². The van der Waals surface area contributed by atoms with E-state index in [-0.39, 0.29) is 0 Å². The van der Waals surface area contributed by atoms with Crippen molar-refractivity contribution in [3.63, 3.8) is 0 Å². The van der Waals surface area contributed by atoms with Crippen LogP contribution in [0.2, 0.25) is 0 Å². The molecule has 2 aliphatic heterocycles. The van der Waals surface area contributed by atoms with Crippen molar-refractivity contribution in [3.05, 3.63) is 23.9 Å². The molecule has 0 bridgehead atoms. The molecule has 0 spiro atoms. The van der Waals surface area contributed by atoms with Crippen LogP contribution in [0.4, 0.5) is 0 Å². The highest BCUT2D eigenvalue weighted by molar-refractivity contribution is 7.80. The fraction of sp³-hybridized carbons (Fsp3) is 0.643. The number of piperidine rings is 2. The summed E-state index contributed by atoms with van der Waals surface area (Å²) in [6, 6.07) is 0.643. The summed E-state index contributed by atoms with van der Waals surface area (Å²) in [4.78, 5) is 3.67. The van der Waals surface area contributed by atoms with E-state index < -0.39 is 0 Å². The van der Waals surface area contributed by atoms with Crippen molar-refractivity contribution in [2.45, 2.75) is 38.1 Å². The number of rotatable bonds is 1. The first-order chi connectivity index (χ1) is 8.36. The number of fused-ring (bicyclic) bond motifs is 1. The Morgan fingerprint density at radius 1 is 1.24 bits per heavy atom. The van der Waals surface area contributed by atoms with E-state index in [4.69, 9.17) is 12.2 Å². The van der Waals surface area contributed by atoms with E-state index in [1.54, 1.807) is 0 Å². The molecule has 0 amide bonds. The number of hydrogen-bond donors (Lipinski definition) is 1. The number of likely N-dealkylation sites (tertiary alicyclic amines) is 1. The lowest BCUT2D eigenvalue weighted by molar-refractivity contribution is 0.252. The zero-order valence-electron chi connectivity index (χ0n) is 10.2. The van der Waals surface area contributed by atoms with Gasteiger partial charge >= 0.3 is 0 Å².